The summed E-state index contributed by atoms with van der Waals surface area (Å²) in [5, 5.41) is 12.1. The molecule has 0 aromatic rings. The summed E-state index contributed by atoms with van der Waals surface area (Å²) >= 11 is 0. The third kappa shape index (κ3) is 5.68. The fraction of sp³-hybridized carbons (Fsp3) is 0.947. The molecule has 3 fully saturated rings. The lowest BCUT2D eigenvalue weighted by Gasteiger charge is -2.37. The second kappa shape index (κ2) is 10.1. The molecule has 150 valence electrons. The van der Waals surface area contributed by atoms with Crippen LogP contribution in [-0.2, 0) is 0 Å². The van der Waals surface area contributed by atoms with E-state index in [1.165, 1.54) is 37.0 Å². The van der Waals surface area contributed by atoms with Gasteiger partial charge in [0.1, 0.15) is 0 Å². The molecule has 6 nitrogen and oxygen atoms in total. The van der Waals surface area contributed by atoms with Gasteiger partial charge in [0.05, 0.1) is 14.7 Å². The van der Waals surface area contributed by atoms with Crippen LogP contribution in [0.2, 0.25) is 24.2 Å². The van der Waals surface area contributed by atoms with Gasteiger partial charge in [0, 0.05) is 52.4 Å². The number of unbranched alkanes of at least 4 members (excludes halogenated alkanes) is 1. The summed E-state index contributed by atoms with van der Waals surface area (Å²) in [6.07, 6.45) is 5.12. The highest BCUT2D eigenvalue weighted by Gasteiger charge is 2.39. The number of amides is 2. The van der Waals surface area contributed by atoms with Crippen molar-refractivity contribution in [1.82, 2.24) is 20.0 Å². The summed E-state index contributed by atoms with van der Waals surface area (Å²) in [6, 6.07) is 5.92. The van der Waals surface area contributed by atoms with Crippen molar-refractivity contribution < 1.29 is 9.90 Å². The van der Waals surface area contributed by atoms with E-state index in [4.69, 9.17) is 5.11 Å². The molecule has 3 heterocycles. The zero-order valence-electron chi connectivity index (χ0n) is 16.4. The van der Waals surface area contributed by atoms with Crippen molar-refractivity contribution in [1.29, 1.82) is 0 Å². The van der Waals surface area contributed by atoms with E-state index >= 15 is 0 Å². The molecule has 26 heavy (non-hydrogen) atoms. The first-order valence-corrected chi connectivity index (χ1v) is 13.6. The monoisotopic (exact) mass is 382 g/mol. The lowest BCUT2D eigenvalue weighted by molar-refractivity contribution is 0.111. The number of hydrogen-bond acceptors (Lipinski definition) is 4. The molecular weight excluding hydrogens is 344 g/mol. The maximum Gasteiger partial charge on any atom is 0.317 e. The van der Waals surface area contributed by atoms with Crippen molar-refractivity contribution in [2.75, 3.05) is 65.5 Å². The fourth-order valence-corrected chi connectivity index (χ4v) is 9.94. The summed E-state index contributed by atoms with van der Waals surface area (Å²) in [7, 11) is -0.925. The summed E-state index contributed by atoms with van der Waals surface area (Å²) in [5.41, 5.74) is 0. The number of carbonyl (C=O) groups is 1. The van der Waals surface area contributed by atoms with Crippen LogP contribution in [0.3, 0.4) is 0 Å². The predicted molar refractivity (Wildman–Crippen MR) is 108 cm³/mol. The molecule has 0 bridgehead atoms. The molecule has 3 rings (SSSR count). The topological polar surface area (TPSA) is 59.1 Å². The Morgan fingerprint density at radius 2 is 1.46 bits per heavy atom. The van der Waals surface area contributed by atoms with Gasteiger partial charge in [0.2, 0.25) is 0 Å². The molecule has 0 aromatic heterocycles. The maximum absolute atomic E-state index is 12.4. The number of nitrogens with one attached hydrogen (secondary N) is 1. The van der Waals surface area contributed by atoms with Crippen molar-refractivity contribution in [3.05, 3.63) is 0 Å². The average molecular weight is 383 g/mol. The van der Waals surface area contributed by atoms with Gasteiger partial charge in [-0.15, -0.1) is 0 Å². The van der Waals surface area contributed by atoms with Crippen molar-refractivity contribution >= 4 is 14.1 Å². The molecule has 7 heteroatoms. The first-order valence-electron chi connectivity index (χ1n) is 10.8. The van der Waals surface area contributed by atoms with Gasteiger partial charge >= 0.3 is 6.03 Å². The number of urea groups is 1. The highest BCUT2D eigenvalue weighted by molar-refractivity contribution is 6.80. The van der Waals surface area contributed by atoms with Gasteiger partial charge in [-0.05, 0) is 31.5 Å². The average Bonchev–Trinajstić information content (AvgIpc) is 3.11. The molecule has 2 amide bonds. The number of rotatable bonds is 7. The molecule has 0 aromatic carbocycles. The van der Waals surface area contributed by atoms with Crippen LogP contribution in [0, 0.1) is 0 Å². The van der Waals surface area contributed by atoms with E-state index in [2.05, 4.69) is 20.0 Å². The molecule has 3 saturated heterocycles. The number of β-amino-alcohol motifs (C(OH)–C–C–N with tert-alkyl or cyclic N) is 1. The number of carbonyl (C=O) groups excluding carboxylic acids is 1. The van der Waals surface area contributed by atoms with Crippen LogP contribution in [0.1, 0.15) is 25.7 Å². The Labute approximate surface area is 159 Å². The number of piperazine rings is 1. The van der Waals surface area contributed by atoms with Crippen LogP contribution in [0.25, 0.3) is 0 Å². The van der Waals surface area contributed by atoms with E-state index in [9.17, 15) is 4.79 Å². The van der Waals surface area contributed by atoms with E-state index in [0.29, 0.717) is 0 Å². The minimum Gasteiger partial charge on any atom is -0.395 e. The van der Waals surface area contributed by atoms with Gasteiger partial charge in [-0.1, -0.05) is 24.9 Å². The standard InChI is InChI=1S/C19H38N4O2Si/c24-14-11-22-9-7-21(8-10-22)6-2-1-5-20-19(25)23-12-17-26(18-13-23)15-3-4-16-26/h24H,1-18H2,(H,20,25). The van der Waals surface area contributed by atoms with Crippen LogP contribution < -0.4 is 5.32 Å². The summed E-state index contributed by atoms with van der Waals surface area (Å²) in [4.78, 5) is 19.3. The van der Waals surface area contributed by atoms with Crippen LogP contribution >= 0.6 is 0 Å². The quantitative estimate of drug-likeness (QED) is 0.519. The third-order valence-electron chi connectivity index (χ3n) is 6.83. The van der Waals surface area contributed by atoms with Crippen molar-refractivity contribution in [3.63, 3.8) is 0 Å². The second-order valence-electron chi connectivity index (χ2n) is 8.54. The number of nitrogens with zero attached hydrogens (tertiary/aromatic N) is 3. The molecule has 0 atom stereocenters. The number of aliphatic hydroxyl groups is 1. The largest absolute Gasteiger partial charge is 0.395 e. The molecule has 1 spiro atoms. The molecular formula is C19H38N4O2Si. The first-order chi connectivity index (χ1) is 12.7. The van der Waals surface area contributed by atoms with Gasteiger partial charge in [0.25, 0.3) is 0 Å². The Morgan fingerprint density at radius 1 is 0.846 bits per heavy atom. The zero-order chi connectivity index (χ0) is 18.2. The highest BCUT2D eigenvalue weighted by atomic mass is 28.3. The van der Waals surface area contributed by atoms with Gasteiger partial charge in [-0.3, -0.25) is 4.90 Å². The predicted octanol–water partition coefficient (Wildman–Crippen LogP) is 1.64. The summed E-state index contributed by atoms with van der Waals surface area (Å²) in [6.45, 7) is 9.36. The van der Waals surface area contributed by atoms with Crippen LogP contribution in [-0.4, -0.2) is 99.4 Å². The Bertz CT molecular complexity index is 427. The van der Waals surface area contributed by atoms with E-state index in [1.54, 1.807) is 0 Å². The first kappa shape index (κ1) is 20.1. The SMILES string of the molecule is O=C(NCCCCN1CCN(CCO)CC1)N1CC[Si]2(CCCC2)CC1. The fourth-order valence-electron chi connectivity index (χ4n) is 4.95. The van der Waals surface area contributed by atoms with Crippen LogP contribution in [0.5, 0.6) is 0 Å². The van der Waals surface area contributed by atoms with E-state index in [-0.39, 0.29) is 12.6 Å². The Morgan fingerprint density at radius 3 is 2.08 bits per heavy atom. The summed E-state index contributed by atoms with van der Waals surface area (Å²) in [5.74, 6) is 0. The Balaban J connectivity index is 1.21. The van der Waals surface area contributed by atoms with Gasteiger partial charge in [-0.2, -0.15) is 0 Å². The minimum atomic E-state index is -0.925. The molecule has 3 aliphatic heterocycles. The maximum atomic E-state index is 12.4. The minimum absolute atomic E-state index is 0.171. The molecule has 0 radical (unpaired) electrons. The highest BCUT2D eigenvalue weighted by Crippen LogP contribution is 2.38. The van der Waals surface area contributed by atoms with Crippen molar-refractivity contribution in [2.45, 2.75) is 49.9 Å². The van der Waals surface area contributed by atoms with Crippen LogP contribution in [0.15, 0.2) is 0 Å². The van der Waals surface area contributed by atoms with Crippen molar-refractivity contribution in [2.24, 2.45) is 0 Å². The molecule has 0 unspecified atom stereocenters. The van der Waals surface area contributed by atoms with E-state index in [0.717, 1.165) is 71.7 Å². The van der Waals surface area contributed by atoms with Gasteiger partial charge in [0.15, 0.2) is 0 Å². The number of aliphatic hydroxyl groups excluding tert-OH is 1. The lowest BCUT2D eigenvalue weighted by atomic mass is 10.2. The van der Waals surface area contributed by atoms with Gasteiger partial charge in [-0.25, -0.2) is 4.79 Å². The van der Waals surface area contributed by atoms with E-state index in [1.807, 2.05) is 0 Å². The molecule has 0 aliphatic carbocycles. The smallest absolute Gasteiger partial charge is 0.317 e. The third-order valence-corrected chi connectivity index (χ3v) is 12.2. The van der Waals surface area contributed by atoms with Crippen molar-refractivity contribution in [3.8, 4) is 0 Å². The Hall–Kier alpha value is -0.633. The van der Waals surface area contributed by atoms with E-state index < -0.39 is 8.07 Å². The molecule has 0 saturated carbocycles. The normalized spacial score (nSPS) is 24.3. The zero-order valence-corrected chi connectivity index (χ0v) is 17.4. The molecule has 3 aliphatic rings. The van der Waals surface area contributed by atoms with Gasteiger partial charge < -0.3 is 20.2 Å². The lowest BCUT2D eigenvalue weighted by Crippen LogP contribution is -2.50. The molecule has 2 N–H and O–H groups in total. The number of hydrogen-bond donors (Lipinski definition) is 2. The second-order valence-corrected chi connectivity index (χ2v) is 13.5. The Kier molecular flexibility index (Phi) is 7.78. The summed E-state index contributed by atoms with van der Waals surface area (Å²) < 4.78 is 0. The van der Waals surface area contributed by atoms with Crippen LogP contribution in [0.4, 0.5) is 4.79 Å².